The molecule has 120 valence electrons. The summed E-state index contributed by atoms with van der Waals surface area (Å²) in [7, 11) is 0. The van der Waals surface area contributed by atoms with Gasteiger partial charge in [0, 0.05) is 23.8 Å². The molecule has 0 spiro atoms. The maximum Gasteiger partial charge on any atom is 0.227 e. The third-order valence-electron chi connectivity index (χ3n) is 3.84. The van der Waals surface area contributed by atoms with Gasteiger partial charge in [-0.2, -0.15) is 5.10 Å². The summed E-state index contributed by atoms with van der Waals surface area (Å²) in [5, 5.41) is 6.30. The molecule has 1 amide bonds. The molecule has 4 nitrogen and oxygen atoms in total. The number of nitrogens with zero attached hydrogens (tertiary/aromatic N) is 3. The largest absolute Gasteiger partial charge is 0.337 e. The van der Waals surface area contributed by atoms with Crippen molar-refractivity contribution >= 4 is 17.2 Å². The number of carbonyl (C=O) groups excluding carboxylic acids is 1. The lowest BCUT2D eigenvalue weighted by molar-refractivity contribution is -0.136. The Morgan fingerprint density at radius 1 is 1.50 bits per heavy atom. The number of aromatic nitrogens is 2. The number of amides is 1. The van der Waals surface area contributed by atoms with E-state index in [0.29, 0.717) is 6.54 Å². The summed E-state index contributed by atoms with van der Waals surface area (Å²) in [5.74, 6) is 0.161. The molecule has 2 heterocycles. The molecule has 0 aliphatic heterocycles. The fourth-order valence-electron chi connectivity index (χ4n) is 2.43. The maximum atomic E-state index is 12.8. The van der Waals surface area contributed by atoms with Gasteiger partial charge >= 0.3 is 0 Å². The second-order valence-electron chi connectivity index (χ2n) is 5.77. The van der Waals surface area contributed by atoms with Crippen LogP contribution in [-0.4, -0.2) is 27.1 Å². The van der Waals surface area contributed by atoms with Crippen molar-refractivity contribution in [2.45, 2.75) is 46.7 Å². The predicted octanol–water partition coefficient (Wildman–Crippen LogP) is 3.72. The highest BCUT2D eigenvalue weighted by Gasteiger charge is 2.21. The lowest BCUT2D eigenvalue weighted by atomic mass is 10.1. The second-order valence-corrected chi connectivity index (χ2v) is 6.77. The third-order valence-corrected chi connectivity index (χ3v) is 4.85. The molecule has 2 rings (SSSR count). The molecule has 1 atom stereocenters. The van der Waals surface area contributed by atoms with E-state index in [-0.39, 0.29) is 11.8 Å². The first kappa shape index (κ1) is 16.7. The molecule has 5 heteroatoms. The molecule has 0 radical (unpaired) electrons. The van der Waals surface area contributed by atoms with Crippen molar-refractivity contribution in [1.82, 2.24) is 14.7 Å². The van der Waals surface area contributed by atoms with E-state index in [4.69, 9.17) is 0 Å². The van der Waals surface area contributed by atoms with Crippen molar-refractivity contribution in [3.63, 3.8) is 0 Å². The molecule has 0 fully saturated rings. The van der Waals surface area contributed by atoms with Crippen LogP contribution in [0.1, 0.15) is 37.1 Å². The quantitative estimate of drug-likeness (QED) is 0.744. The molecule has 0 saturated heterocycles. The van der Waals surface area contributed by atoms with Crippen LogP contribution in [0.25, 0.3) is 0 Å². The minimum atomic E-state index is -0.0583. The first-order valence-corrected chi connectivity index (χ1v) is 8.79. The zero-order valence-corrected chi connectivity index (χ0v) is 14.5. The minimum absolute atomic E-state index is 0.0583. The molecule has 0 saturated carbocycles. The number of carbonyl (C=O) groups is 1. The summed E-state index contributed by atoms with van der Waals surface area (Å²) in [6.07, 6.45) is 5.80. The fraction of sp³-hybridized carbons (Fsp3) is 0.529. The fourth-order valence-corrected chi connectivity index (χ4v) is 3.36. The topological polar surface area (TPSA) is 38.1 Å². The number of hydrogen-bond donors (Lipinski definition) is 0. The van der Waals surface area contributed by atoms with Gasteiger partial charge in [-0.05, 0) is 36.4 Å². The van der Waals surface area contributed by atoms with Crippen molar-refractivity contribution in [3.8, 4) is 0 Å². The summed E-state index contributed by atoms with van der Waals surface area (Å²) < 4.78 is 1.83. The van der Waals surface area contributed by atoms with Crippen molar-refractivity contribution in [2.24, 2.45) is 5.92 Å². The van der Waals surface area contributed by atoms with Crippen LogP contribution < -0.4 is 0 Å². The SMILES string of the molecule is CCCCN(Cc1sccc1C)C(=O)C(C)Cn1cccn1. The maximum absolute atomic E-state index is 12.8. The Morgan fingerprint density at radius 2 is 2.32 bits per heavy atom. The Labute approximate surface area is 136 Å². The van der Waals surface area contributed by atoms with E-state index < -0.39 is 0 Å². The minimum Gasteiger partial charge on any atom is -0.337 e. The molecule has 2 aromatic heterocycles. The van der Waals surface area contributed by atoms with Crippen molar-refractivity contribution < 1.29 is 4.79 Å². The van der Waals surface area contributed by atoms with E-state index in [2.05, 4.69) is 30.4 Å². The lowest BCUT2D eigenvalue weighted by Gasteiger charge is -2.26. The van der Waals surface area contributed by atoms with E-state index in [1.165, 1.54) is 10.4 Å². The van der Waals surface area contributed by atoms with Crippen LogP contribution in [0.4, 0.5) is 0 Å². The smallest absolute Gasteiger partial charge is 0.227 e. The van der Waals surface area contributed by atoms with Crippen molar-refractivity contribution in [2.75, 3.05) is 6.54 Å². The Hall–Kier alpha value is -1.62. The van der Waals surface area contributed by atoms with Crippen LogP contribution in [0.15, 0.2) is 29.9 Å². The van der Waals surface area contributed by atoms with Gasteiger partial charge in [0.1, 0.15) is 0 Å². The summed E-state index contributed by atoms with van der Waals surface area (Å²) in [4.78, 5) is 16.1. The van der Waals surface area contributed by atoms with E-state index in [9.17, 15) is 4.79 Å². The number of aryl methyl sites for hydroxylation is 1. The van der Waals surface area contributed by atoms with Gasteiger partial charge in [0.05, 0.1) is 19.0 Å². The van der Waals surface area contributed by atoms with Crippen molar-refractivity contribution in [1.29, 1.82) is 0 Å². The molecule has 22 heavy (non-hydrogen) atoms. The summed E-state index contributed by atoms with van der Waals surface area (Å²) in [6.45, 7) is 8.46. The van der Waals surface area contributed by atoms with Gasteiger partial charge in [0.25, 0.3) is 0 Å². The normalized spacial score (nSPS) is 12.3. The van der Waals surface area contributed by atoms with E-state index in [1.54, 1.807) is 17.5 Å². The highest BCUT2D eigenvalue weighted by Crippen LogP contribution is 2.19. The van der Waals surface area contributed by atoms with E-state index in [1.807, 2.05) is 28.8 Å². The zero-order valence-electron chi connectivity index (χ0n) is 13.7. The highest BCUT2D eigenvalue weighted by molar-refractivity contribution is 7.10. The Morgan fingerprint density at radius 3 is 2.91 bits per heavy atom. The Balaban J connectivity index is 2.03. The molecule has 0 aromatic carbocycles. The second kappa shape index (κ2) is 8.13. The van der Waals surface area contributed by atoms with Gasteiger partial charge in [-0.25, -0.2) is 0 Å². The van der Waals surface area contributed by atoms with Crippen LogP contribution in [0.3, 0.4) is 0 Å². The Bertz CT molecular complexity index is 577. The van der Waals surface area contributed by atoms with E-state index in [0.717, 1.165) is 25.9 Å². The number of hydrogen-bond acceptors (Lipinski definition) is 3. The number of rotatable bonds is 8. The zero-order chi connectivity index (χ0) is 15.9. The molecule has 2 aromatic rings. The number of unbranched alkanes of at least 4 members (excludes halogenated alkanes) is 1. The molecular weight excluding hydrogens is 294 g/mol. The van der Waals surface area contributed by atoms with Gasteiger partial charge in [-0.3, -0.25) is 9.48 Å². The van der Waals surface area contributed by atoms with Crippen LogP contribution in [-0.2, 0) is 17.9 Å². The highest BCUT2D eigenvalue weighted by atomic mass is 32.1. The first-order chi connectivity index (χ1) is 10.6. The Kier molecular flexibility index (Phi) is 6.19. The number of thiophene rings is 1. The van der Waals surface area contributed by atoms with Crippen LogP contribution in [0, 0.1) is 12.8 Å². The average Bonchev–Trinajstić information content (AvgIpc) is 3.15. The molecule has 1 unspecified atom stereocenters. The van der Waals surface area contributed by atoms with Gasteiger partial charge < -0.3 is 4.90 Å². The van der Waals surface area contributed by atoms with Crippen LogP contribution >= 0.6 is 11.3 Å². The van der Waals surface area contributed by atoms with Crippen LogP contribution in [0.2, 0.25) is 0 Å². The predicted molar refractivity (Wildman–Crippen MR) is 90.8 cm³/mol. The molecular formula is C17H25N3OS. The van der Waals surface area contributed by atoms with Crippen LogP contribution in [0.5, 0.6) is 0 Å². The standard InChI is InChI=1S/C17H25N3OS/c1-4-5-9-19(13-16-14(2)7-11-22-16)17(21)15(3)12-20-10-6-8-18-20/h6-8,10-11,15H,4-5,9,12-13H2,1-3H3. The summed E-state index contributed by atoms with van der Waals surface area (Å²) in [6, 6.07) is 4.01. The van der Waals surface area contributed by atoms with Crippen molar-refractivity contribution in [3.05, 3.63) is 40.3 Å². The van der Waals surface area contributed by atoms with E-state index >= 15 is 0 Å². The molecule has 0 bridgehead atoms. The molecule has 0 aliphatic carbocycles. The lowest BCUT2D eigenvalue weighted by Crippen LogP contribution is -2.37. The average molecular weight is 319 g/mol. The summed E-state index contributed by atoms with van der Waals surface area (Å²) in [5.41, 5.74) is 1.28. The first-order valence-electron chi connectivity index (χ1n) is 7.91. The van der Waals surface area contributed by atoms with Gasteiger partial charge in [-0.15, -0.1) is 11.3 Å². The molecule has 0 aliphatic rings. The van der Waals surface area contributed by atoms with Gasteiger partial charge in [0.2, 0.25) is 5.91 Å². The van der Waals surface area contributed by atoms with Gasteiger partial charge in [0.15, 0.2) is 0 Å². The molecule has 0 N–H and O–H groups in total. The third kappa shape index (κ3) is 4.44. The summed E-state index contributed by atoms with van der Waals surface area (Å²) >= 11 is 1.73. The van der Waals surface area contributed by atoms with Gasteiger partial charge in [-0.1, -0.05) is 20.3 Å². The monoisotopic (exact) mass is 319 g/mol.